The van der Waals surface area contributed by atoms with E-state index in [9.17, 15) is 22.8 Å². The Morgan fingerprint density at radius 1 is 1.24 bits per heavy atom. The number of nitrogens with zero attached hydrogens (tertiary/aromatic N) is 4. The molecule has 7 nitrogen and oxygen atoms in total. The number of aromatic nitrogens is 3. The number of hydrogen-bond donors (Lipinski definition) is 1. The number of imidazole rings is 1. The lowest BCUT2D eigenvalue weighted by atomic mass is 9.96. The molecule has 2 atom stereocenters. The molecule has 0 saturated carbocycles. The van der Waals surface area contributed by atoms with Crippen molar-refractivity contribution < 1.29 is 27.9 Å². The highest BCUT2D eigenvalue weighted by molar-refractivity contribution is 5.95. The lowest BCUT2D eigenvalue weighted by Crippen LogP contribution is -2.34. The summed E-state index contributed by atoms with van der Waals surface area (Å²) in [4.78, 5) is 32.5. The molecule has 1 aliphatic rings. The summed E-state index contributed by atoms with van der Waals surface area (Å²) in [5.41, 5.74) is 0.130. The normalized spacial score (nSPS) is 20.7. The van der Waals surface area contributed by atoms with Crippen LogP contribution in [0.1, 0.15) is 10.4 Å². The third-order valence-corrected chi connectivity index (χ3v) is 4.11. The Labute approximate surface area is 139 Å². The zero-order valence-corrected chi connectivity index (χ0v) is 12.7. The van der Waals surface area contributed by atoms with Gasteiger partial charge >= 0.3 is 12.1 Å². The Morgan fingerprint density at radius 2 is 2.00 bits per heavy atom. The molecule has 0 aromatic carbocycles. The van der Waals surface area contributed by atoms with Gasteiger partial charge in [0.15, 0.2) is 0 Å². The Hall–Kier alpha value is -2.91. The van der Waals surface area contributed by atoms with Gasteiger partial charge in [0.25, 0.3) is 5.91 Å². The first-order valence-corrected chi connectivity index (χ1v) is 7.30. The van der Waals surface area contributed by atoms with Gasteiger partial charge in [-0.15, -0.1) is 0 Å². The molecule has 0 radical (unpaired) electrons. The minimum atomic E-state index is -4.68. The lowest BCUT2D eigenvalue weighted by Gasteiger charge is -2.18. The number of alkyl halides is 3. The highest BCUT2D eigenvalue weighted by atomic mass is 19.4. The molecule has 1 saturated heterocycles. The van der Waals surface area contributed by atoms with Gasteiger partial charge in [-0.3, -0.25) is 14.2 Å². The van der Waals surface area contributed by atoms with Crippen molar-refractivity contribution in [1.29, 1.82) is 0 Å². The van der Waals surface area contributed by atoms with Crippen molar-refractivity contribution in [3.05, 3.63) is 42.6 Å². The van der Waals surface area contributed by atoms with E-state index in [1.165, 1.54) is 30.9 Å². The molecule has 132 valence electrons. The molecular formula is C15H13F3N4O3. The van der Waals surface area contributed by atoms with E-state index in [1.54, 1.807) is 10.8 Å². The van der Waals surface area contributed by atoms with Gasteiger partial charge in [-0.25, -0.2) is 9.97 Å². The first-order valence-electron chi connectivity index (χ1n) is 7.30. The minimum Gasteiger partial charge on any atom is -0.481 e. The highest BCUT2D eigenvalue weighted by Gasteiger charge is 2.53. The van der Waals surface area contributed by atoms with Crippen LogP contribution in [-0.4, -0.2) is 55.7 Å². The first-order chi connectivity index (χ1) is 11.8. The van der Waals surface area contributed by atoms with Crippen LogP contribution in [0.2, 0.25) is 0 Å². The number of amides is 1. The van der Waals surface area contributed by atoms with Crippen molar-refractivity contribution in [2.45, 2.75) is 6.18 Å². The summed E-state index contributed by atoms with van der Waals surface area (Å²) in [6, 6.07) is 2.79. The predicted octanol–water partition coefficient (Wildman–Crippen LogP) is 1.60. The number of carbonyl (C=O) groups excluding carboxylic acids is 1. The van der Waals surface area contributed by atoms with E-state index >= 15 is 0 Å². The third kappa shape index (κ3) is 3.32. The predicted molar refractivity (Wildman–Crippen MR) is 77.9 cm³/mol. The molecule has 25 heavy (non-hydrogen) atoms. The maximum Gasteiger partial charge on any atom is 0.394 e. The van der Waals surface area contributed by atoms with Gasteiger partial charge in [0.1, 0.15) is 12.1 Å². The summed E-state index contributed by atoms with van der Waals surface area (Å²) in [6.07, 6.45) is 1.26. The van der Waals surface area contributed by atoms with E-state index in [0.717, 1.165) is 4.90 Å². The Kier molecular flexibility index (Phi) is 4.19. The highest BCUT2D eigenvalue weighted by Crippen LogP contribution is 2.38. The summed E-state index contributed by atoms with van der Waals surface area (Å²) in [6.45, 7) is -1.16. The summed E-state index contributed by atoms with van der Waals surface area (Å²) < 4.78 is 40.7. The average Bonchev–Trinajstić information content (AvgIpc) is 3.23. The van der Waals surface area contributed by atoms with Crippen molar-refractivity contribution in [3.8, 4) is 5.82 Å². The number of carbonyl (C=O) groups is 2. The van der Waals surface area contributed by atoms with Crippen LogP contribution in [0.5, 0.6) is 0 Å². The van der Waals surface area contributed by atoms with E-state index in [-0.39, 0.29) is 5.56 Å². The van der Waals surface area contributed by atoms with Crippen LogP contribution in [0.15, 0.2) is 37.1 Å². The molecule has 0 aliphatic carbocycles. The minimum absolute atomic E-state index is 0.130. The van der Waals surface area contributed by atoms with Crippen molar-refractivity contribution >= 4 is 11.9 Å². The largest absolute Gasteiger partial charge is 0.481 e. The van der Waals surface area contributed by atoms with Gasteiger partial charge in [-0.1, -0.05) is 0 Å². The average molecular weight is 354 g/mol. The van der Waals surface area contributed by atoms with Gasteiger partial charge < -0.3 is 10.0 Å². The summed E-state index contributed by atoms with van der Waals surface area (Å²) >= 11 is 0. The van der Waals surface area contributed by atoms with Crippen LogP contribution in [-0.2, 0) is 4.79 Å². The molecule has 1 N–H and O–H groups in total. The number of aliphatic carboxylic acids is 1. The van der Waals surface area contributed by atoms with Crippen molar-refractivity contribution in [1.82, 2.24) is 19.4 Å². The summed E-state index contributed by atoms with van der Waals surface area (Å²) in [5, 5.41) is 9.03. The molecule has 1 amide bonds. The number of likely N-dealkylation sites (tertiary alicyclic amines) is 1. The maximum absolute atomic E-state index is 13.0. The third-order valence-electron chi connectivity index (χ3n) is 4.11. The number of halogens is 3. The molecule has 2 aromatic heterocycles. The van der Waals surface area contributed by atoms with Gasteiger partial charge in [0.2, 0.25) is 0 Å². The van der Waals surface area contributed by atoms with E-state index in [2.05, 4.69) is 9.97 Å². The monoisotopic (exact) mass is 354 g/mol. The number of hydrogen-bond acceptors (Lipinski definition) is 4. The maximum atomic E-state index is 13.0. The summed E-state index contributed by atoms with van der Waals surface area (Å²) in [5.74, 6) is -5.60. The topological polar surface area (TPSA) is 88.3 Å². The van der Waals surface area contributed by atoms with Gasteiger partial charge in [0.05, 0.1) is 11.8 Å². The molecule has 0 bridgehead atoms. The zero-order chi connectivity index (χ0) is 18.2. The molecule has 1 fully saturated rings. The number of pyridine rings is 1. The van der Waals surface area contributed by atoms with E-state index in [0.29, 0.717) is 5.82 Å². The van der Waals surface area contributed by atoms with Crippen molar-refractivity contribution in [3.63, 3.8) is 0 Å². The first kappa shape index (κ1) is 16.9. The zero-order valence-electron chi connectivity index (χ0n) is 12.7. The van der Waals surface area contributed by atoms with Crippen molar-refractivity contribution in [2.75, 3.05) is 13.1 Å². The second-order valence-electron chi connectivity index (χ2n) is 5.68. The Balaban J connectivity index is 1.84. The number of carboxylic acid groups (broad SMARTS) is 1. The van der Waals surface area contributed by atoms with Gasteiger partial charge in [-0.2, -0.15) is 13.2 Å². The van der Waals surface area contributed by atoms with E-state index < -0.39 is 43.0 Å². The van der Waals surface area contributed by atoms with Crippen molar-refractivity contribution in [2.24, 2.45) is 11.8 Å². The van der Waals surface area contributed by atoms with Gasteiger partial charge in [0, 0.05) is 37.2 Å². The molecule has 3 rings (SSSR count). The SMILES string of the molecule is O=C(O)[C@@H]1CN(C(=O)c2ccnc(-n3ccnc3)c2)C[C@H]1C(F)(F)F. The fraction of sp³-hybridized carbons (Fsp3) is 0.333. The molecule has 0 unspecified atom stereocenters. The van der Waals surface area contributed by atoms with Crippen LogP contribution in [0.25, 0.3) is 5.82 Å². The standard InChI is InChI=1S/C15H13F3N4O3/c16-15(17,18)11-7-22(6-10(11)14(24)25)13(23)9-1-2-20-12(5-9)21-4-3-19-8-21/h1-5,8,10-11H,6-7H2,(H,24,25)/t10-,11-/m1/s1. The quantitative estimate of drug-likeness (QED) is 0.905. The molecule has 10 heteroatoms. The van der Waals surface area contributed by atoms with Crippen LogP contribution < -0.4 is 0 Å². The number of carboxylic acids is 1. The molecular weight excluding hydrogens is 341 g/mol. The van der Waals surface area contributed by atoms with Crippen LogP contribution in [0, 0.1) is 11.8 Å². The fourth-order valence-electron chi connectivity index (χ4n) is 2.82. The van der Waals surface area contributed by atoms with Crippen LogP contribution in [0.3, 0.4) is 0 Å². The second-order valence-corrected chi connectivity index (χ2v) is 5.68. The molecule has 0 spiro atoms. The Morgan fingerprint density at radius 3 is 2.56 bits per heavy atom. The molecule has 1 aliphatic heterocycles. The van der Waals surface area contributed by atoms with E-state index in [1.807, 2.05) is 0 Å². The second kappa shape index (κ2) is 6.19. The lowest BCUT2D eigenvalue weighted by molar-refractivity contribution is -0.187. The molecule has 3 heterocycles. The summed E-state index contributed by atoms with van der Waals surface area (Å²) in [7, 11) is 0. The smallest absolute Gasteiger partial charge is 0.394 e. The Bertz CT molecular complexity index is 792. The van der Waals surface area contributed by atoms with E-state index in [4.69, 9.17) is 5.11 Å². The number of rotatable bonds is 3. The van der Waals surface area contributed by atoms with Crippen LogP contribution in [0.4, 0.5) is 13.2 Å². The molecule has 2 aromatic rings. The fourth-order valence-corrected chi connectivity index (χ4v) is 2.82. The van der Waals surface area contributed by atoms with Gasteiger partial charge in [-0.05, 0) is 12.1 Å². The van der Waals surface area contributed by atoms with Crippen LogP contribution >= 0.6 is 0 Å².